The van der Waals surface area contributed by atoms with E-state index in [1.807, 2.05) is 0 Å². The first kappa shape index (κ1) is 17.8. The molecule has 1 heterocycles. The third-order valence-electron chi connectivity index (χ3n) is 4.55. The molecular formula is C19H37N. The average molecular weight is 280 g/mol. The van der Waals surface area contributed by atoms with Crippen LogP contribution in [0.2, 0.25) is 0 Å². The molecule has 1 rings (SSSR count). The maximum Gasteiger partial charge on any atom is 0.0278 e. The fraction of sp³-hybridized carbons (Fsp3) is 0.895. The first-order chi connectivity index (χ1) is 9.88. The predicted molar refractivity (Wildman–Crippen MR) is 91.3 cm³/mol. The van der Waals surface area contributed by atoms with E-state index in [2.05, 4.69) is 30.9 Å². The molecular weight excluding hydrogens is 242 g/mol. The summed E-state index contributed by atoms with van der Waals surface area (Å²) in [5.41, 5.74) is 0. The van der Waals surface area contributed by atoms with Crippen molar-refractivity contribution < 1.29 is 0 Å². The third-order valence-corrected chi connectivity index (χ3v) is 4.55. The normalized spacial score (nSPS) is 20.2. The van der Waals surface area contributed by atoms with Crippen molar-refractivity contribution in [2.75, 3.05) is 13.1 Å². The number of likely N-dealkylation sites (tertiary alicyclic amines) is 1. The van der Waals surface area contributed by atoms with Gasteiger partial charge in [0.05, 0.1) is 0 Å². The van der Waals surface area contributed by atoms with E-state index in [-0.39, 0.29) is 0 Å². The summed E-state index contributed by atoms with van der Waals surface area (Å²) >= 11 is 0. The smallest absolute Gasteiger partial charge is 0.0278 e. The Morgan fingerprint density at radius 1 is 0.900 bits per heavy atom. The summed E-state index contributed by atoms with van der Waals surface area (Å²) in [5, 5.41) is 0. The Morgan fingerprint density at radius 2 is 1.60 bits per heavy atom. The number of allylic oxidation sites excluding steroid dienone is 1. The highest BCUT2D eigenvalue weighted by molar-refractivity contribution is 4.97. The van der Waals surface area contributed by atoms with Gasteiger partial charge in [0.15, 0.2) is 0 Å². The summed E-state index contributed by atoms with van der Waals surface area (Å²) in [4.78, 5) is 2.72. The summed E-state index contributed by atoms with van der Waals surface area (Å²) in [7, 11) is 0. The van der Waals surface area contributed by atoms with E-state index < -0.39 is 0 Å². The Kier molecular flexibility index (Phi) is 11.0. The topological polar surface area (TPSA) is 3.24 Å². The molecule has 1 aliphatic rings. The predicted octanol–water partition coefficient (Wildman–Crippen LogP) is 5.95. The number of unbranched alkanes of at least 4 members (excludes halogenated alkanes) is 8. The second-order valence-electron chi connectivity index (χ2n) is 6.44. The zero-order valence-electron chi connectivity index (χ0n) is 14.1. The van der Waals surface area contributed by atoms with Crippen LogP contribution in [0.1, 0.15) is 90.9 Å². The zero-order chi connectivity index (χ0) is 14.5. The van der Waals surface area contributed by atoms with Crippen LogP contribution in [0, 0.1) is 0 Å². The summed E-state index contributed by atoms with van der Waals surface area (Å²) in [6.07, 6.45) is 21.6. The van der Waals surface area contributed by atoms with Gasteiger partial charge in [-0.1, -0.05) is 70.9 Å². The number of hydrogen-bond donors (Lipinski definition) is 0. The number of nitrogens with zero attached hydrogens (tertiary/aromatic N) is 1. The van der Waals surface area contributed by atoms with Crippen molar-refractivity contribution in [3.05, 3.63) is 12.2 Å². The quantitative estimate of drug-likeness (QED) is 0.315. The molecule has 1 saturated heterocycles. The van der Waals surface area contributed by atoms with Gasteiger partial charge in [-0.25, -0.2) is 0 Å². The van der Waals surface area contributed by atoms with Crippen molar-refractivity contribution in [1.29, 1.82) is 0 Å². The minimum atomic E-state index is 0.757. The van der Waals surface area contributed by atoms with Gasteiger partial charge in [-0.2, -0.15) is 0 Å². The van der Waals surface area contributed by atoms with E-state index in [4.69, 9.17) is 0 Å². The Morgan fingerprint density at radius 3 is 2.35 bits per heavy atom. The van der Waals surface area contributed by atoms with Gasteiger partial charge in [0.1, 0.15) is 0 Å². The van der Waals surface area contributed by atoms with Crippen LogP contribution in [0.5, 0.6) is 0 Å². The van der Waals surface area contributed by atoms with Gasteiger partial charge < -0.3 is 0 Å². The summed E-state index contributed by atoms with van der Waals surface area (Å²) < 4.78 is 0. The van der Waals surface area contributed by atoms with Crippen LogP contribution in [0.3, 0.4) is 0 Å². The van der Waals surface area contributed by atoms with E-state index >= 15 is 0 Å². The molecule has 0 saturated carbocycles. The average Bonchev–Trinajstić information content (AvgIpc) is 2.90. The maximum absolute atomic E-state index is 2.72. The molecule has 0 N–H and O–H groups in total. The number of hydrogen-bond acceptors (Lipinski definition) is 1. The van der Waals surface area contributed by atoms with Crippen LogP contribution in [0.15, 0.2) is 12.2 Å². The Hall–Kier alpha value is -0.300. The third kappa shape index (κ3) is 8.09. The minimum Gasteiger partial charge on any atom is -0.297 e. The van der Waals surface area contributed by atoms with E-state index in [1.165, 1.54) is 90.1 Å². The molecule has 0 amide bonds. The lowest BCUT2D eigenvalue weighted by molar-refractivity contribution is 0.281. The molecule has 1 fully saturated rings. The second-order valence-corrected chi connectivity index (χ2v) is 6.44. The highest BCUT2D eigenvalue weighted by Crippen LogP contribution is 2.19. The van der Waals surface area contributed by atoms with Crippen LogP contribution in [-0.2, 0) is 0 Å². The molecule has 0 spiro atoms. The molecule has 0 bridgehead atoms. The van der Waals surface area contributed by atoms with Crippen LogP contribution < -0.4 is 0 Å². The van der Waals surface area contributed by atoms with Crippen LogP contribution in [-0.4, -0.2) is 24.0 Å². The van der Waals surface area contributed by atoms with E-state index in [0.29, 0.717) is 0 Å². The van der Waals surface area contributed by atoms with Crippen molar-refractivity contribution >= 4 is 0 Å². The first-order valence-electron chi connectivity index (χ1n) is 9.29. The van der Waals surface area contributed by atoms with Crippen molar-refractivity contribution in [3.63, 3.8) is 0 Å². The largest absolute Gasteiger partial charge is 0.297 e. The Bertz CT molecular complexity index is 234. The molecule has 1 atom stereocenters. The van der Waals surface area contributed by atoms with Crippen molar-refractivity contribution in [1.82, 2.24) is 4.90 Å². The second kappa shape index (κ2) is 12.4. The minimum absolute atomic E-state index is 0.757. The molecule has 0 aromatic carbocycles. The lowest BCUT2D eigenvalue weighted by Crippen LogP contribution is -2.28. The van der Waals surface area contributed by atoms with Gasteiger partial charge in [-0.05, 0) is 45.2 Å². The van der Waals surface area contributed by atoms with Gasteiger partial charge in [0.2, 0.25) is 0 Å². The van der Waals surface area contributed by atoms with Crippen LogP contribution in [0.25, 0.3) is 0 Å². The first-order valence-corrected chi connectivity index (χ1v) is 9.29. The monoisotopic (exact) mass is 279 g/mol. The lowest BCUT2D eigenvalue weighted by Gasteiger charge is -2.21. The highest BCUT2D eigenvalue weighted by Gasteiger charge is 2.20. The maximum atomic E-state index is 2.72. The molecule has 0 radical (unpaired) electrons. The molecule has 1 aliphatic heterocycles. The lowest BCUT2D eigenvalue weighted by atomic mass is 10.1. The van der Waals surface area contributed by atoms with Gasteiger partial charge in [-0.15, -0.1) is 0 Å². The molecule has 0 aliphatic carbocycles. The van der Waals surface area contributed by atoms with Gasteiger partial charge in [0, 0.05) is 6.04 Å². The Labute approximate surface area is 127 Å². The molecule has 0 aromatic heterocycles. The van der Waals surface area contributed by atoms with Gasteiger partial charge in [-0.3, -0.25) is 4.90 Å². The van der Waals surface area contributed by atoms with Crippen molar-refractivity contribution in [2.45, 2.75) is 96.9 Å². The van der Waals surface area contributed by atoms with E-state index in [0.717, 1.165) is 6.04 Å². The fourth-order valence-electron chi connectivity index (χ4n) is 3.21. The molecule has 1 nitrogen and oxygen atoms in total. The van der Waals surface area contributed by atoms with Crippen LogP contribution in [0.4, 0.5) is 0 Å². The SMILES string of the molecule is CCCCCCC=C[C@H]1CCCN1CCCCCCC. The van der Waals surface area contributed by atoms with Gasteiger partial charge >= 0.3 is 0 Å². The molecule has 1 heteroatoms. The highest BCUT2D eigenvalue weighted by atomic mass is 15.2. The summed E-state index contributed by atoms with van der Waals surface area (Å²) in [6, 6.07) is 0.757. The molecule has 118 valence electrons. The standard InChI is InChI=1S/C19H37N/c1-3-5-7-9-10-12-15-19-16-14-18-20(19)17-13-11-8-6-4-2/h12,15,19H,3-11,13-14,16-18H2,1-2H3/t19-/m0/s1. The zero-order valence-corrected chi connectivity index (χ0v) is 14.1. The summed E-state index contributed by atoms with van der Waals surface area (Å²) in [6.45, 7) is 7.24. The molecule has 0 aromatic rings. The van der Waals surface area contributed by atoms with E-state index in [9.17, 15) is 0 Å². The van der Waals surface area contributed by atoms with Crippen molar-refractivity contribution in [3.8, 4) is 0 Å². The molecule has 20 heavy (non-hydrogen) atoms. The number of rotatable bonds is 12. The Balaban J connectivity index is 2.08. The van der Waals surface area contributed by atoms with Crippen LogP contribution >= 0.6 is 0 Å². The van der Waals surface area contributed by atoms with Gasteiger partial charge in [0.25, 0.3) is 0 Å². The van der Waals surface area contributed by atoms with E-state index in [1.54, 1.807) is 0 Å². The van der Waals surface area contributed by atoms with Crippen molar-refractivity contribution in [2.24, 2.45) is 0 Å². The molecule has 0 unspecified atom stereocenters. The summed E-state index contributed by atoms with van der Waals surface area (Å²) in [5.74, 6) is 0. The fourth-order valence-corrected chi connectivity index (χ4v) is 3.21.